The Kier molecular flexibility index (Phi) is 7.58. The van der Waals surface area contributed by atoms with Gasteiger partial charge in [-0.3, -0.25) is 4.90 Å². The molecule has 3 aliphatic rings. The van der Waals surface area contributed by atoms with Crippen molar-refractivity contribution in [3.05, 3.63) is 41.3 Å². The number of aryl methyl sites for hydroxylation is 1. The summed E-state index contributed by atoms with van der Waals surface area (Å²) in [5.41, 5.74) is 2.56. The summed E-state index contributed by atoms with van der Waals surface area (Å²) in [6, 6.07) is 4.65. The Labute approximate surface area is 256 Å². The van der Waals surface area contributed by atoms with Gasteiger partial charge in [-0.15, -0.1) is 0 Å². The third-order valence-corrected chi connectivity index (χ3v) is 9.48. The van der Waals surface area contributed by atoms with Crippen molar-refractivity contribution in [3.8, 4) is 23.0 Å². The van der Waals surface area contributed by atoms with Gasteiger partial charge in [0, 0.05) is 30.5 Å². The molecule has 3 aliphatic heterocycles. The van der Waals surface area contributed by atoms with Gasteiger partial charge in [0.1, 0.15) is 18.3 Å². The Morgan fingerprint density at radius 1 is 1.09 bits per heavy atom. The van der Waals surface area contributed by atoms with E-state index in [-0.39, 0.29) is 41.7 Å². The normalized spacial score (nSPS) is 24.1. The molecule has 2 aromatic heterocycles. The Bertz CT molecular complexity index is 1760. The molecule has 0 N–H and O–H groups in total. The maximum Gasteiger partial charge on any atom is 0.422 e. The minimum atomic E-state index is -4.65. The predicted octanol–water partition coefficient (Wildman–Crippen LogP) is 7.00. The molecule has 0 amide bonds. The van der Waals surface area contributed by atoms with Crippen LogP contribution in [0.2, 0.25) is 0 Å². The number of rotatable bonds is 7. The highest BCUT2D eigenvalue weighted by Gasteiger charge is 2.49. The SMILES string of the molecule is Cc1cc2c(cnn2C2CCCCO2)c(-c2ccc3c(OCC(F)(F)F)nc(OC[C@@]45CCCN4C[C@H](F)C5)nc3c2F)c1C. The van der Waals surface area contributed by atoms with Gasteiger partial charge in [-0.2, -0.15) is 28.2 Å². The van der Waals surface area contributed by atoms with E-state index < -0.39 is 36.2 Å². The number of hydrogen-bond acceptors (Lipinski definition) is 7. The monoisotopic (exact) mass is 631 g/mol. The molecule has 3 atom stereocenters. The van der Waals surface area contributed by atoms with E-state index in [1.165, 1.54) is 12.1 Å². The lowest BCUT2D eigenvalue weighted by Crippen LogP contribution is -2.43. The second-order valence-corrected chi connectivity index (χ2v) is 12.4. The lowest BCUT2D eigenvalue weighted by Gasteiger charge is -2.30. The van der Waals surface area contributed by atoms with Crippen LogP contribution < -0.4 is 9.47 Å². The van der Waals surface area contributed by atoms with E-state index in [0.717, 1.165) is 48.9 Å². The van der Waals surface area contributed by atoms with E-state index in [1.807, 2.05) is 29.5 Å². The molecule has 0 bridgehead atoms. The molecule has 0 aliphatic carbocycles. The fourth-order valence-electron chi connectivity index (χ4n) is 7.19. The van der Waals surface area contributed by atoms with Crippen LogP contribution in [-0.4, -0.2) is 75.4 Å². The zero-order valence-corrected chi connectivity index (χ0v) is 25.1. The van der Waals surface area contributed by atoms with E-state index in [1.54, 1.807) is 6.20 Å². The molecule has 4 aromatic rings. The zero-order chi connectivity index (χ0) is 31.5. The molecule has 3 fully saturated rings. The summed E-state index contributed by atoms with van der Waals surface area (Å²) in [5.74, 6) is -1.19. The molecule has 0 spiro atoms. The summed E-state index contributed by atoms with van der Waals surface area (Å²) in [6.45, 7) is 3.90. The Morgan fingerprint density at radius 2 is 1.93 bits per heavy atom. The van der Waals surface area contributed by atoms with Crippen molar-refractivity contribution in [2.45, 2.75) is 76.5 Å². The molecule has 2 aromatic carbocycles. The standard InChI is InChI=1S/C32H34F5N5O3/c1-18-12-24-23(14-38-42(24)25-6-3-4-11-43-25)26(19(18)2)21-7-8-22-28(27(21)34)39-30(40-29(22)44-17-32(35,36)37)45-16-31-9-5-10-41(31)15-20(33)13-31/h7-8,12,14,20,25H,3-6,9-11,13,15-17H2,1-2H3/t20-,25?,31+/m1/s1. The predicted molar refractivity (Wildman–Crippen MR) is 157 cm³/mol. The summed E-state index contributed by atoms with van der Waals surface area (Å²) in [5, 5.41) is 5.31. The second kappa shape index (κ2) is 11.3. The van der Waals surface area contributed by atoms with Crippen molar-refractivity contribution in [3.63, 3.8) is 0 Å². The summed E-state index contributed by atoms with van der Waals surface area (Å²) < 4.78 is 89.3. The minimum absolute atomic E-state index is 0.0222. The van der Waals surface area contributed by atoms with Crippen molar-refractivity contribution < 1.29 is 36.2 Å². The number of halogens is 5. The number of aromatic nitrogens is 4. The van der Waals surface area contributed by atoms with Crippen LogP contribution in [0.4, 0.5) is 22.0 Å². The Morgan fingerprint density at radius 3 is 2.71 bits per heavy atom. The van der Waals surface area contributed by atoms with Gasteiger partial charge in [0.25, 0.3) is 0 Å². The molecule has 45 heavy (non-hydrogen) atoms. The third kappa shape index (κ3) is 5.47. The maximum absolute atomic E-state index is 16.7. The summed E-state index contributed by atoms with van der Waals surface area (Å²) in [7, 11) is 0. The topological polar surface area (TPSA) is 74.5 Å². The first-order valence-corrected chi connectivity index (χ1v) is 15.3. The summed E-state index contributed by atoms with van der Waals surface area (Å²) in [4.78, 5) is 10.5. The van der Waals surface area contributed by atoms with Gasteiger partial charge in [-0.05, 0) is 81.3 Å². The molecule has 0 saturated carbocycles. The Balaban J connectivity index is 1.32. The van der Waals surface area contributed by atoms with Crippen LogP contribution in [0.1, 0.15) is 55.9 Å². The summed E-state index contributed by atoms with van der Waals surface area (Å²) in [6.07, 6.45) is 0.493. The zero-order valence-electron chi connectivity index (χ0n) is 25.1. The lowest BCUT2D eigenvalue weighted by molar-refractivity contribution is -0.153. The number of benzene rings is 2. The van der Waals surface area contributed by atoms with Crippen LogP contribution in [0, 0.1) is 19.7 Å². The first-order valence-electron chi connectivity index (χ1n) is 15.3. The molecule has 8 nitrogen and oxygen atoms in total. The Hall–Kier alpha value is -3.58. The van der Waals surface area contributed by atoms with E-state index in [9.17, 15) is 17.6 Å². The quantitative estimate of drug-likeness (QED) is 0.204. The third-order valence-electron chi connectivity index (χ3n) is 9.48. The van der Waals surface area contributed by atoms with Crippen LogP contribution >= 0.6 is 0 Å². The fraction of sp³-hybridized carbons (Fsp3) is 0.531. The van der Waals surface area contributed by atoms with E-state index in [0.29, 0.717) is 30.5 Å². The second-order valence-electron chi connectivity index (χ2n) is 12.4. The number of hydrogen-bond donors (Lipinski definition) is 0. The fourth-order valence-corrected chi connectivity index (χ4v) is 7.19. The first kappa shape index (κ1) is 30.1. The van der Waals surface area contributed by atoms with Crippen LogP contribution in [-0.2, 0) is 4.74 Å². The van der Waals surface area contributed by atoms with E-state index >= 15 is 4.39 Å². The van der Waals surface area contributed by atoms with Gasteiger partial charge >= 0.3 is 12.2 Å². The summed E-state index contributed by atoms with van der Waals surface area (Å²) >= 11 is 0. The van der Waals surface area contributed by atoms with Crippen molar-refractivity contribution in [2.75, 3.05) is 32.9 Å². The van der Waals surface area contributed by atoms with Gasteiger partial charge < -0.3 is 14.2 Å². The highest BCUT2D eigenvalue weighted by atomic mass is 19.4. The molecule has 3 saturated heterocycles. The van der Waals surface area contributed by atoms with Crippen molar-refractivity contribution >= 4 is 21.8 Å². The minimum Gasteiger partial charge on any atom is -0.467 e. The van der Waals surface area contributed by atoms with E-state index in [4.69, 9.17) is 14.2 Å². The van der Waals surface area contributed by atoms with E-state index in [2.05, 4.69) is 15.1 Å². The number of fused-ring (bicyclic) bond motifs is 3. The van der Waals surface area contributed by atoms with Crippen molar-refractivity contribution in [2.24, 2.45) is 0 Å². The van der Waals surface area contributed by atoms with Crippen LogP contribution in [0.5, 0.6) is 11.9 Å². The molecule has 240 valence electrons. The van der Waals surface area contributed by atoms with Gasteiger partial charge in [0.05, 0.1) is 22.6 Å². The smallest absolute Gasteiger partial charge is 0.422 e. The number of ether oxygens (including phenoxy) is 3. The van der Waals surface area contributed by atoms with Crippen molar-refractivity contribution in [1.82, 2.24) is 24.6 Å². The highest BCUT2D eigenvalue weighted by molar-refractivity contribution is 6.00. The molecule has 7 rings (SSSR count). The van der Waals surface area contributed by atoms with Gasteiger partial charge in [-0.1, -0.05) is 6.07 Å². The molecular weight excluding hydrogens is 597 g/mol. The lowest BCUT2D eigenvalue weighted by atomic mass is 9.92. The van der Waals surface area contributed by atoms with Crippen LogP contribution in [0.15, 0.2) is 24.4 Å². The molecule has 0 radical (unpaired) electrons. The molecule has 1 unspecified atom stereocenters. The average Bonchev–Trinajstić information content (AvgIpc) is 3.68. The molecule has 5 heterocycles. The van der Waals surface area contributed by atoms with Crippen LogP contribution in [0.25, 0.3) is 32.9 Å². The first-order chi connectivity index (χ1) is 21.5. The van der Waals surface area contributed by atoms with Gasteiger partial charge in [-0.25, -0.2) is 13.5 Å². The molecular formula is C32H34F5N5O3. The van der Waals surface area contributed by atoms with Gasteiger partial charge in [0.2, 0.25) is 5.88 Å². The molecule has 13 heteroatoms. The van der Waals surface area contributed by atoms with Crippen LogP contribution in [0.3, 0.4) is 0 Å². The number of alkyl halides is 4. The van der Waals surface area contributed by atoms with Crippen molar-refractivity contribution in [1.29, 1.82) is 0 Å². The van der Waals surface area contributed by atoms with Gasteiger partial charge in [0.15, 0.2) is 18.7 Å². The largest absolute Gasteiger partial charge is 0.467 e. The highest BCUT2D eigenvalue weighted by Crippen LogP contribution is 2.42. The average molecular weight is 632 g/mol. The maximum atomic E-state index is 16.7. The number of nitrogens with zero attached hydrogens (tertiary/aromatic N) is 5.